The van der Waals surface area contributed by atoms with Gasteiger partial charge in [0.05, 0.1) is 0 Å². The molecule has 0 amide bonds. The van der Waals surface area contributed by atoms with E-state index >= 15 is 0 Å². The third-order valence-electron chi connectivity index (χ3n) is 5.25. The zero-order valence-electron chi connectivity index (χ0n) is 13.2. The Morgan fingerprint density at radius 2 is 2.05 bits per heavy atom. The molecule has 0 saturated heterocycles. The highest BCUT2D eigenvalue weighted by atomic mass is 15.2. The van der Waals surface area contributed by atoms with E-state index in [2.05, 4.69) is 50.5 Å². The van der Waals surface area contributed by atoms with Crippen molar-refractivity contribution < 1.29 is 0 Å². The molecular formula is C18H30N2. The van der Waals surface area contributed by atoms with E-state index in [-0.39, 0.29) is 0 Å². The van der Waals surface area contributed by atoms with Gasteiger partial charge in [0.2, 0.25) is 0 Å². The van der Waals surface area contributed by atoms with E-state index in [9.17, 15) is 0 Å². The quantitative estimate of drug-likeness (QED) is 0.632. The van der Waals surface area contributed by atoms with Gasteiger partial charge in [-0.25, -0.2) is 0 Å². The lowest BCUT2D eigenvalue weighted by Crippen LogP contribution is -2.43. The molecule has 2 nitrogen and oxygen atoms in total. The summed E-state index contributed by atoms with van der Waals surface area (Å²) in [5.41, 5.74) is 5.87. The van der Waals surface area contributed by atoms with Gasteiger partial charge >= 0.3 is 0 Å². The summed E-state index contributed by atoms with van der Waals surface area (Å²) >= 11 is 0. The van der Waals surface area contributed by atoms with Crippen molar-refractivity contribution in [1.29, 1.82) is 0 Å². The summed E-state index contributed by atoms with van der Waals surface area (Å²) in [5.74, 6) is 8.29. The van der Waals surface area contributed by atoms with Crippen molar-refractivity contribution in [3.05, 3.63) is 35.4 Å². The summed E-state index contributed by atoms with van der Waals surface area (Å²) < 4.78 is 0. The molecule has 0 heterocycles. The highest BCUT2D eigenvalue weighted by molar-refractivity contribution is 5.22. The number of benzene rings is 1. The van der Waals surface area contributed by atoms with Crippen molar-refractivity contribution in [2.24, 2.45) is 23.6 Å². The smallest absolute Gasteiger partial charge is 0.0242 e. The Morgan fingerprint density at radius 1 is 1.25 bits per heavy atom. The lowest BCUT2D eigenvalue weighted by Gasteiger charge is -2.36. The van der Waals surface area contributed by atoms with Gasteiger partial charge in [-0.3, -0.25) is 11.3 Å². The van der Waals surface area contributed by atoms with Crippen LogP contribution in [0.3, 0.4) is 0 Å². The van der Waals surface area contributed by atoms with Crippen LogP contribution >= 0.6 is 0 Å². The molecule has 0 aromatic heterocycles. The van der Waals surface area contributed by atoms with E-state index < -0.39 is 0 Å². The van der Waals surface area contributed by atoms with E-state index in [0.29, 0.717) is 6.04 Å². The largest absolute Gasteiger partial charge is 0.271 e. The average Bonchev–Trinajstić information content (AvgIpc) is 2.43. The number of aryl methyl sites for hydroxylation is 2. The van der Waals surface area contributed by atoms with Crippen LogP contribution in [0, 0.1) is 24.7 Å². The maximum absolute atomic E-state index is 5.83. The van der Waals surface area contributed by atoms with Crippen LogP contribution in [-0.2, 0) is 6.42 Å². The predicted molar refractivity (Wildman–Crippen MR) is 86.3 cm³/mol. The SMILES string of the molecule is Cc1cccc(CCC(NN)C2CCC(C)C(C)C2)c1. The van der Waals surface area contributed by atoms with E-state index in [1.807, 2.05) is 0 Å². The Balaban J connectivity index is 1.89. The van der Waals surface area contributed by atoms with Crippen molar-refractivity contribution in [2.45, 2.75) is 58.9 Å². The first kappa shape index (κ1) is 15.5. The van der Waals surface area contributed by atoms with E-state index in [1.54, 1.807) is 0 Å². The van der Waals surface area contributed by atoms with Crippen LogP contribution in [0.1, 0.15) is 50.7 Å². The van der Waals surface area contributed by atoms with Crippen LogP contribution in [0.15, 0.2) is 24.3 Å². The molecule has 1 aromatic rings. The molecule has 1 aliphatic rings. The molecule has 0 aliphatic heterocycles. The first-order valence-corrected chi connectivity index (χ1v) is 8.11. The summed E-state index contributed by atoms with van der Waals surface area (Å²) in [6.45, 7) is 6.94. The Labute approximate surface area is 124 Å². The molecule has 4 atom stereocenters. The topological polar surface area (TPSA) is 38.0 Å². The number of hydrogen-bond donors (Lipinski definition) is 2. The zero-order valence-corrected chi connectivity index (χ0v) is 13.2. The first-order valence-electron chi connectivity index (χ1n) is 8.11. The third kappa shape index (κ3) is 4.07. The van der Waals surface area contributed by atoms with Crippen LogP contribution in [0.25, 0.3) is 0 Å². The second-order valence-corrected chi connectivity index (χ2v) is 6.83. The Kier molecular flexibility index (Phi) is 5.62. The van der Waals surface area contributed by atoms with Crippen molar-refractivity contribution in [3.8, 4) is 0 Å². The summed E-state index contributed by atoms with van der Waals surface area (Å²) in [5, 5.41) is 0. The number of hydrogen-bond acceptors (Lipinski definition) is 2. The number of nitrogens with two attached hydrogens (primary N) is 1. The second kappa shape index (κ2) is 7.24. The van der Waals surface area contributed by atoms with Gasteiger partial charge in [-0.1, -0.05) is 50.1 Å². The zero-order chi connectivity index (χ0) is 14.5. The molecular weight excluding hydrogens is 244 g/mol. The van der Waals surface area contributed by atoms with E-state index in [4.69, 9.17) is 5.84 Å². The molecule has 1 saturated carbocycles. The minimum Gasteiger partial charge on any atom is -0.271 e. The number of hydrazine groups is 1. The van der Waals surface area contributed by atoms with Crippen molar-refractivity contribution in [3.63, 3.8) is 0 Å². The van der Waals surface area contributed by atoms with Crippen LogP contribution in [0.5, 0.6) is 0 Å². The molecule has 0 bridgehead atoms. The van der Waals surface area contributed by atoms with Crippen LogP contribution in [-0.4, -0.2) is 6.04 Å². The van der Waals surface area contributed by atoms with Crippen LogP contribution in [0.4, 0.5) is 0 Å². The summed E-state index contributed by atoms with van der Waals surface area (Å²) in [4.78, 5) is 0. The molecule has 2 rings (SSSR count). The number of rotatable bonds is 5. The van der Waals surface area contributed by atoms with Crippen molar-refractivity contribution in [1.82, 2.24) is 5.43 Å². The molecule has 2 heteroatoms. The van der Waals surface area contributed by atoms with Crippen molar-refractivity contribution in [2.75, 3.05) is 0 Å². The Morgan fingerprint density at radius 3 is 2.70 bits per heavy atom. The minimum atomic E-state index is 0.463. The molecule has 3 N–H and O–H groups in total. The highest BCUT2D eigenvalue weighted by Crippen LogP contribution is 2.35. The molecule has 1 aliphatic carbocycles. The van der Waals surface area contributed by atoms with Gasteiger partial charge in [0.25, 0.3) is 0 Å². The molecule has 112 valence electrons. The fourth-order valence-electron chi connectivity index (χ4n) is 3.60. The fourth-order valence-corrected chi connectivity index (χ4v) is 3.60. The molecule has 0 radical (unpaired) electrons. The molecule has 1 fully saturated rings. The van der Waals surface area contributed by atoms with Gasteiger partial charge in [-0.15, -0.1) is 0 Å². The standard InChI is InChI=1S/C18H30N2/c1-13-5-4-6-16(11-13)8-10-18(20-19)17-9-7-14(2)15(3)12-17/h4-6,11,14-15,17-18,20H,7-10,12,19H2,1-3H3. The molecule has 1 aromatic carbocycles. The van der Waals surface area contributed by atoms with E-state index in [1.165, 1.54) is 30.4 Å². The predicted octanol–water partition coefficient (Wildman–Crippen LogP) is 3.83. The second-order valence-electron chi connectivity index (χ2n) is 6.83. The number of nitrogens with one attached hydrogen (secondary N) is 1. The normalized spacial score (nSPS) is 28.3. The first-order chi connectivity index (χ1) is 9.60. The third-order valence-corrected chi connectivity index (χ3v) is 5.25. The minimum absolute atomic E-state index is 0.463. The monoisotopic (exact) mass is 274 g/mol. The Hall–Kier alpha value is -0.860. The van der Waals surface area contributed by atoms with Crippen molar-refractivity contribution >= 4 is 0 Å². The lowest BCUT2D eigenvalue weighted by atomic mass is 9.72. The Bertz CT molecular complexity index is 416. The molecule has 20 heavy (non-hydrogen) atoms. The van der Waals surface area contributed by atoms with Gasteiger partial charge in [-0.05, 0) is 55.9 Å². The maximum Gasteiger partial charge on any atom is 0.0242 e. The van der Waals surface area contributed by atoms with Gasteiger partial charge in [0, 0.05) is 6.04 Å². The fraction of sp³-hybridized carbons (Fsp3) is 0.667. The molecule has 0 spiro atoms. The summed E-state index contributed by atoms with van der Waals surface area (Å²) in [7, 11) is 0. The van der Waals surface area contributed by atoms with Gasteiger partial charge in [0.15, 0.2) is 0 Å². The highest BCUT2D eigenvalue weighted by Gasteiger charge is 2.29. The van der Waals surface area contributed by atoms with Crippen LogP contribution < -0.4 is 11.3 Å². The molecule has 4 unspecified atom stereocenters. The van der Waals surface area contributed by atoms with Gasteiger partial charge in [0.1, 0.15) is 0 Å². The maximum atomic E-state index is 5.83. The average molecular weight is 274 g/mol. The van der Waals surface area contributed by atoms with E-state index in [0.717, 1.165) is 30.6 Å². The lowest BCUT2D eigenvalue weighted by molar-refractivity contribution is 0.166. The van der Waals surface area contributed by atoms with Gasteiger partial charge in [-0.2, -0.15) is 0 Å². The summed E-state index contributed by atoms with van der Waals surface area (Å²) in [6.07, 6.45) is 6.27. The van der Waals surface area contributed by atoms with Gasteiger partial charge < -0.3 is 0 Å². The summed E-state index contributed by atoms with van der Waals surface area (Å²) in [6, 6.07) is 9.29. The van der Waals surface area contributed by atoms with Crippen LogP contribution in [0.2, 0.25) is 0 Å².